The van der Waals surface area contributed by atoms with Gasteiger partial charge < -0.3 is 14.8 Å². The van der Waals surface area contributed by atoms with Gasteiger partial charge in [0.1, 0.15) is 0 Å². The third-order valence-electron chi connectivity index (χ3n) is 3.34. The summed E-state index contributed by atoms with van der Waals surface area (Å²) in [6.45, 7) is 10.3. The summed E-state index contributed by atoms with van der Waals surface area (Å²) in [5, 5.41) is 3.03. The largest absolute Gasteiger partial charge is 0.493 e. The number of carbonyl (C=O) groups excluding carboxylic acids is 1. The topological polar surface area (TPSA) is 47.6 Å². The van der Waals surface area contributed by atoms with Crippen LogP contribution in [0, 0.1) is 5.92 Å². The average molecular weight is 307 g/mol. The molecule has 0 aliphatic rings. The zero-order valence-corrected chi connectivity index (χ0v) is 14.6. The number of nitrogens with one attached hydrogen (secondary N) is 1. The minimum atomic E-state index is -0.0781. The standard InChI is InChI=1S/C18H29NO3/c1-12(2)7-8-14(5)19-18(20)15-9-10-16(22-13(3)4)17(11-15)21-6/h9-14H,7-8H2,1-6H3,(H,19,20). The van der Waals surface area contributed by atoms with Crippen LogP contribution in [0.4, 0.5) is 0 Å². The second kappa shape index (κ2) is 8.66. The molecule has 1 rings (SSSR count). The minimum absolute atomic E-state index is 0.0598. The Morgan fingerprint density at radius 1 is 1.09 bits per heavy atom. The molecular formula is C18H29NO3. The van der Waals surface area contributed by atoms with Crippen LogP contribution >= 0.6 is 0 Å². The fourth-order valence-corrected chi connectivity index (χ4v) is 2.12. The van der Waals surface area contributed by atoms with Gasteiger partial charge in [-0.15, -0.1) is 0 Å². The third-order valence-corrected chi connectivity index (χ3v) is 3.34. The molecule has 4 nitrogen and oxygen atoms in total. The zero-order valence-electron chi connectivity index (χ0n) is 14.6. The van der Waals surface area contributed by atoms with Crippen molar-refractivity contribution in [2.24, 2.45) is 5.92 Å². The summed E-state index contributed by atoms with van der Waals surface area (Å²) < 4.78 is 11.0. The first kappa shape index (κ1) is 18.3. The van der Waals surface area contributed by atoms with E-state index in [1.165, 1.54) is 0 Å². The highest BCUT2D eigenvalue weighted by molar-refractivity contribution is 5.95. The number of carbonyl (C=O) groups is 1. The van der Waals surface area contributed by atoms with Crippen molar-refractivity contribution in [2.45, 2.75) is 59.6 Å². The Kier molecular flexibility index (Phi) is 7.22. The lowest BCUT2D eigenvalue weighted by molar-refractivity contribution is 0.0936. The van der Waals surface area contributed by atoms with E-state index in [1.54, 1.807) is 25.3 Å². The quantitative estimate of drug-likeness (QED) is 0.788. The lowest BCUT2D eigenvalue weighted by Gasteiger charge is -2.17. The maximum Gasteiger partial charge on any atom is 0.251 e. The average Bonchev–Trinajstić information content (AvgIpc) is 2.44. The molecule has 0 saturated heterocycles. The van der Waals surface area contributed by atoms with Crippen LogP contribution < -0.4 is 14.8 Å². The number of hydrogen-bond donors (Lipinski definition) is 1. The maximum absolute atomic E-state index is 12.3. The second-order valence-electron chi connectivity index (χ2n) is 6.38. The maximum atomic E-state index is 12.3. The molecule has 1 amide bonds. The van der Waals surface area contributed by atoms with Gasteiger partial charge in [-0.3, -0.25) is 4.79 Å². The lowest BCUT2D eigenvalue weighted by atomic mass is 10.0. The van der Waals surface area contributed by atoms with E-state index in [1.807, 2.05) is 20.8 Å². The van der Waals surface area contributed by atoms with Crippen LogP contribution in [0.5, 0.6) is 11.5 Å². The molecule has 1 aromatic carbocycles. The molecule has 0 radical (unpaired) electrons. The molecule has 1 N–H and O–H groups in total. The highest BCUT2D eigenvalue weighted by Gasteiger charge is 2.14. The molecule has 1 aromatic rings. The third kappa shape index (κ3) is 5.96. The smallest absolute Gasteiger partial charge is 0.251 e. The van der Waals surface area contributed by atoms with Crippen LogP contribution in [0.3, 0.4) is 0 Å². The Morgan fingerprint density at radius 3 is 2.32 bits per heavy atom. The lowest BCUT2D eigenvalue weighted by Crippen LogP contribution is -2.32. The summed E-state index contributed by atoms with van der Waals surface area (Å²) >= 11 is 0. The highest BCUT2D eigenvalue weighted by Crippen LogP contribution is 2.29. The zero-order chi connectivity index (χ0) is 16.7. The summed E-state index contributed by atoms with van der Waals surface area (Å²) in [6.07, 6.45) is 2.14. The van der Waals surface area contributed by atoms with Crippen LogP contribution in [0.1, 0.15) is 57.8 Å². The van der Waals surface area contributed by atoms with Gasteiger partial charge in [0.2, 0.25) is 0 Å². The molecule has 1 unspecified atom stereocenters. The van der Waals surface area contributed by atoms with Gasteiger partial charge in [0.05, 0.1) is 13.2 Å². The first-order chi connectivity index (χ1) is 10.3. The number of amides is 1. The molecule has 0 aliphatic heterocycles. The first-order valence-corrected chi connectivity index (χ1v) is 7.99. The predicted octanol–water partition coefficient (Wildman–Crippen LogP) is 4.04. The fourth-order valence-electron chi connectivity index (χ4n) is 2.12. The monoisotopic (exact) mass is 307 g/mol. The minimum Gasteiger partial charge on any atom is -0.493 e. The van der Waals surface area contributed by atoms with Crippen molar-refractivity contribution in [1.82, 2.24) is 5.32 Å². The molecule has 0 aromatic heterocycles. The van der Waals surface area contributed by atoms with Gasteiger partial charge in [-0.05, 0) is 57.7 Å². The van der Waals surface area contributed by atoms with E-state index in [0.717, 1.165) is 12.8 Å². The van der Waals surface area contributed by atoms with Crippen molar-refractivity contribution in [3.8, 4) is 11.5 Å². The Labute approximate surface area is 134 Å². The summed E-state index contributed by atoms with van der Waals surface area (Å²) in [4.78, 5) is 12.3. The number of rotatable bonds is 8. The molecule has 22 heavy (non-hydrogen) atoms. The van der Waals surface area contributed by atoms with Gasteiger partial charge in [-0.2, -0.15) is 0 Å². The van der Waals surface area contributed by atoms with Crippen LogP contribution in [0.15, 0.2) is 18.2 Å². The molecule has 1 atom stereocenters. The van der Waals surface area contributed by atoms with Crippen LogP contribution in [-0.2, 0) is 0 Å². The molecule has 0 aliphatic carbocycles. The van der Waals surface area contributed by atoms with Gasteiger partial charge in [-0.1, -0.05) is 13.8 Å². The van der Waals surface area contributed by atoms with E-state index < -0.39 is 0 Å². The van der Waals surface area contributed by atoms with Crippen molar-refractivity contribution in [2.75, 3.05) is 7.11 Å². The van der Waals surface area contributed by atoms with Gasteiger partial charge in [0.25, 0.3) is 5.91 Å². The highest BCUT2D eigenvalue weighted by atomic mass is 16.5. The van der Waals surface area contributed by atoms with Crippen molar-refractivity contribution in [3.05, 3.63) is 23.8 Å². The second-order valence-corrected chi connectivity index (χ2v) is 6.38. The van der Waals surface area contributed by atoms with E-state index in [2.05, 4.69) is 19.2 Å². The molecule has 0 heterocycles. The Balaban J connectivity index is 2.73. The Hall–Kier alpha value is -1.71. The fraction of sp³-hybridized carbons (Fsp3) is 0.611. The Morgan fingerprint density at radius 2 is 1.77 bits per heavy atom. The number of ether oxygens (including phenoxy) is 2. The molecule has 0 bridgehead atoms. The van der Waals surface area contributed by atoms with Gasteiger partial charge in [-0.25, -0.2) is 0 Å². The summed E-state index contributed by atoms with van der Waals surface area (Å²) in [6, 6.07) is 5.44. The van der Waals surface area contributed by atoms with Crippen molar-refractivity contribution in [1.29, 1.82) is 0 Å². The van der Waals surface area contributed by atoms with Gasteiger partial charge in [0, 0.05) is 11.6 Å². The molecule has 4 heteroatoms. The normalized spacial score (nSPS) is 12.4. The molecule has 0 saturated carbocycles. The van der Waals surface area contributed by atoms with E-state index in [9.17, 15) is 4.79 Å². The Bertz CT molecular complexity index is 483. The SMILES string of the molecule is COc1cc(C(=O)NC(C)CCC(C)C)ccc1OC(C)C. The van der Waals surface area contributed by atoms with Crippen LogP contribution in [0.2, 0.25) is 0 Å². The molecule has 0 spiro atoms. The number of methoxy groups -OCH3 is 1. The van der Waals surface area contributed by atoms with Crippen molar-refractivity contribution < 1.29 is 14.3 Å². The van der Waals surface area contributed by atoms with E-state index in [0.29, 0.717) is 23.0 Å². The summed E-state index contributed by atoms with van der Waals surface area (Å²) in [7, 11) is 1.58. The molecular weight excluding hydrogens is 278 g/mol. The van der Waals surface area contributed by atoms with E-state index >= 15 is 0 Å². The van der Waals surface area contributed by atoms with E-state index in [4.69, 9.17) is 9.47 Å². The molecule has 124 valence electrons. The first-order valence-electron chi connectivity index (χ1n) is 7.99. The predicted molar refractivity (Wildman–Crippen MR) is 89.8 cm³/mol. The number of hydrogen-bond acceptors (Lipinski definition) is 3. The van der Waals surface area contributed by atoms with Gasteiger partial charge in [0.15, 0.2) is 11.5 Å². The number of benzene rings is 1. The van der Waals surface area contributed by atoms with Gasteiger partial charge >= 0.3 is 0 Å². The van der Waals surface area contributed by atoms with Crippen LogP contribution in [0.25, 0.3) is 0 Å². The summed E-state index contributed by atoms with van der Waals surface area (Å²) in [5.41, 5.74) is 0.587. The molecule has 0 fully saturated rings. The summed E-state index contributed by atoms with van der Waals surface area (Å²) in [5.74, 6) is 1.80. The van der Waals surface area contributed by atoms with E-state index in [-0.39, 0.29) is 18.1 Å². The van der Waals surface area contributed by atoms with Crippen molar-refractivity contribution in [3.63, 3.8) is 0 Å². The van der Waals surface area contributed by atoms with Crippen LogP contribution in [-0.4, -0.2) is 25.2 Å². The van der Waals surface area contributed by atoms with Crippen molar-refractivity contribution >= 4 is 5.91 Å².